The van der Waals surface area contributed by atoms with Crippen LogP contribution in [-0.4, -0.2) is 10.1 Å². The second-order valence-corrected chi connectivity index (χ2v) is 2.32. The van der Waals surface area contributed by atoms with Gasteiger partial charge >= 0.3 is 0 Å². The fourth-order valence-corrected chi connectivity index (χ4v) is 0.967. The third kappa shape index (κ3) is 1.21. The topological polar surface area (TPSA) is 33.1 Å². The highest BCUT2D eigenvalue weighted by Gasteiger charge is 2.02. The molecule has 10 heavy (non-hydrogen) atoms. The predicted molar refractivity (Wildman–Crippen MR) is 40.3 cm³/mol. The van der Waals surface area contributed by atoms with Crippen molar-refractivity contribution < 1.29 is 5.11 Å². The predicted octanol–water partition coefficient (Wildman–Crippen LogP) is 2.00. The Bertz CT molecular complexity index is 237. The van der Waals surface area contributed by atoms with E-state index in [2.05, 4.69) is 4.98 Å². The molecule has 0 aliphatic heterocycles. The fraction of sp³-hybridized carbons (Fsp3) is 0.286. The molecule has 0 radical (unpaired) electrons. The normalized spacial score (nSPS) is 9.80. The van der Waals surface area contributed by atoms with E-state index in [1.54, 1.807) is 6.20 Å². The lowest BCUT2D eigenvalue weighted by Crippen LogP contribution is -1.86. The Kier molecular flexibility index (Phi) is 2.12. The van der Waals surface area contributed by atoms with Crippen molar-refractivity contribution in [1.29, 1.82) is 0 Å². The van der Waals surface area contributed by atoms with Crippen molar-refractivity contribution in [2.75, 3.05) is 0 Å². The van der Waals surface area contributed by atoms with Crippen molar-refractivity contribution in [3.8, 4) is 5.75 Å². The maximum absolute atomic E-state index is 9.06. The maximum atomic E-state index is 9.06. The minimum absolute atomic E-state index is 0.105. The Labute approximate surface area is 64.5 Å². The molecule has 0 aliphatic carbocycles. The van der Waals surface area contributed by atoms with Crippen LogP contribution in [0.5, 0.6) is 5.75 Å². The summed E-state index contributed by atoms with van der Waals surface area (Å²) < 4.78 is 0. The molecule has 1 rings (SSSR count). The number of nitrogens with zero attached hydrogens (tertiary/aromatic N) is 1. The molecule has 1 aromatic rings. The van der Waals surface area contributed by atoms with Crippen molar-refractivity contribution in [2.45, 2.75) is 13.3 Å². The van der Waals surface area contributed by atoms with E-state index >= 15 is 0 Å². The molecule has 3 heteroatoms. The zero-order valence-electron chi connectivity index (χ0n) is 5.63. The van der Waals surface area contributed by atoms with E-state index in [-0.39, 0.29) is 5.75 Å². The molecule has 1 aromatic heterocycles. The molecule has 54 valence electrons. The molecule has 0 amide bonds. The molecule has 0 atom stereocenters. The summed E-state index contributed by atoms with van der Waals surface area (Å²) in [5, 5.41) is 9.43. The van der Waals surface area contributed by atoms with Crippen LogP contribution in [0.15, 0.2) is 12.3 Å². The Balaban J connectivity index is 3.14. The van der Waals surface area contributed by atoms with Gasteiger partial charge in [0.1, 0.15) is 10.8 Å². The molecule has 0 bridgehead atoms. The van der Waals surface area contributed by atoms with Crippen molar-refractivity contribution >= 4 is 11.6 Å². The van der Waals surface area contributed by atoms with E-state index in [0.717, 1.165) is 12.1 Å². The molecule has 0 saturated heterocycles. The van der Waals surface area contributed by atoms with Gasteiger partial charge in [-0.15, -0.1) is 0 Å². The number of hydrogen-bond donors (Lipinski definition) is 1. The van der Waals surface area contributed by atoms with Gasteiger partial charge in [-0.05, 0) is 12.5 Å². The van der Waals surface area contributed by atoms with Crippen molar-refractivity contribution in [2.24, 2.45) is 0 Å². The standard InChI is InChI=1S/C7H8ClNO/c1-2-5-7(8)6(10)3-4-9-5/h3-4H,2H2,1H3,(H,9,10). The number of pyridine rings is 1. The fourth-order valence-electron chi connectivity index (χ4n) is 0.722. The molecular formula is C7H8ClNO. The quantitative estimate of drug-likeness (QED) is 0.677. The van der Waals surface area contributed by atoms with Gasteiger partial charge in [0.15, 0.2) is 0 Å². The first kappa shape index (κ1) is 7.35. The molecule has 0 fully saturated rings. The molecular weight excluding hydrogens is 150 g/mol. The minimum Gasteiger partial charge on any atom is -0.506 e. The highest BCUT2D eigenvalue weighted by atomic mass is 35.5. The lowest BCUT2D eigenvalue weighted by molar-refractivity contribution is 0.474. The van der Waals surface area contributed by atoms with Gasteiger partial charge in [0, 0.05) is 6.20 Å². The van der Waals surface area contributed by atoms with Gasteiger partial charge in [0.05, 0.1) is 5.69 Å². The maximum Gasteiger partial charge on any atom is 0.137 e. The van der Waals surface area contributed by atoms with Gasteiger partial charge in [-0.1, -0.05) is 18.5 Å². The van der Waals surface area contributed by atoms with E-state index in [1.807, 2.05) is 6.92 Å². The summed E-state index contributed by atoms with van der Waals surface area (Å²) in [7, 11) is 0. The summed E-state index contributed by atoms with van der Waals surface area (Å²) >= 11 is 5.68. The Morgan fingerprint density at radius 1 is 1.70 bits per heavy atom. The van der Waals surface area contributed by atoms with Crippen molar-refractivity contribution in [3.63, 3.8) is 0 Å². The lowest BCUT2D eigenvalue weighted by Gasteiger charge is -1.99. The van der Waals surface area contributed by atoms with Gasteiger partial charge in [-0.3, -0.25) is 4.98 Å². The van der Waals surface area contributed by atoms with Gasteiger partial charge in [-0.25, -0.2) is 0 Å². The van der Waals surface area contributed by atoms with Gasteiger partial charge in [-0.2, -0.15) is 0 Å². The highest BCUT2D eigenvalue weighted by molar-refractivity contribution is 6.32. The minimum atomic E-state index is 0.105. The molecule has 0 aliphatic rings. The first-order chi connectivity index (χ1) is 4.75. The average Bonchev–Trinajstić information content (AvgIpc) is 1.95. The van der Waals surface area contributed by atoms with E-state index in [4.69, 9.17) is 16.7 Å². The third-order valence-corrected chi connectivity index (χ3v) is 1.69. The lowest BCUT2D eigenvalue weighted by atomic mass is 10.3. The average molecular weight is 158 g/mol. The molecule has 1 N–H and O–H groups in total. The van der Waals surface area contributed by atoms with Crippen LogP contribution < -0.4 is 0 Å². The number of rotatable bonds is 1. The first-order valence-electron chi connectivity index (χ1n) is 3.08. The van der Waals surface area contributed by atoms with Gasteiger partial charge < -0.3 is 5.11 Å². The number of aryl methyl sites for hydroxylation is 1. The van der Waals surface area contributed by atoms with E-state index in [0.29, 0.717) is 5.02 Å². The monoisotopic (exact) mass is 157 g/mol. The largest absolute Gasteiger partial charge is 0.506 e. The number of aromatic nitrogens is 1. The third-order valence-electron chi connectivity index (χ3n) is 1.28. The first-order valence-corrected chi connectivity index (χ1v) is 3.46. The molecule has 2 nitrogen and oxygen atoms in total. The smallest absolute Gasteiger partial charge is 0.137 e. The molecule has 1 heterocycles. The van der Waals surface area contributed by atoms with Crippen molar-refractivity contribution in [1.82, 2.24) is 4.98 Å². The molecule has 0 unspecified atom stereocenters. The van der Waals surface area contributed by atoms with Crippen LogP contribution in [0.25, 0.3) is 0 Å². The second kappa shape index (κ2) is 2.88. The van der Waals surface area contributed by atoms with E-state index < -0.39 is 0 Å². The van der Waals surface area contributed by atoms with Crippen LogP contribution >= 0.6 is 11.6 Å². The second-order valence-electron chi connectivity index (χ2n) is 1.94. The van der Waals surface area contributed by atoms with Crippen LogP contribution in [0, 0.1) is 0 Å². The summed E-state index contributed by atoms with van der Waals surface area (Å²) in [5.74, 6) is 0.105. The summed E-state index contributed by atoms with van der Waals surface area (Å²) in [6.07, 6.45) is 2.28. The Hall–Kier alpha value is -0.760. The Morgan fingerprint density at radius 3 is 2.90 bits per heavy atom. The number of hydrogen-bond acceptors (Lipinski definition) is 2. The van der Waals surface area contributed by atoms with E-state index in [1.165, 1.54) is 6.07 Å². The Morgan fingerprint density at radius 2 is 2.40 bits per heavy atom. The zero-order chi connectivity index (χ0) is 7.56. The van der Waals surface area contributed by atoms with Gasteiger partial charge in [0.2, 0.25) is 0 Å². The highest BCUT2D eigenvalue weighted by Crippen LogP contribution is 2.24. The van der Waals surface area contributed by atoms with Crippen LogP contribution in [0.2, 0.25) is 5.02 Å². The number of aromatic hydroxyl groups is 1. The van der Waals surface area contributed by atoms with E-state index in [9.17, 15) is 0 Å². The summed E-state index contributed by atoms with van der Waals surface area (Å²) in [5.41, 5.74) is 0.738. The summed E-state index contributed by atoms with van der Waals surface area (Å²) in [6, 6.07) is 1.47. The van der Waals surface area contributed by atoms with Crippen LogP contribution in [0.1, 0.15) is 12.6 Å². The molecule has 0 spiro atoms. The zero-order valence-corrected chi connectivity index (χ0v) is 6.39. The van der Waals surface area contributed by atoms with Crippen LogP contribution in [-0.2, 0) is 6.42 Å². The SMILES string of the molecule is CCc1nccc(O)c1Cl. The van der Waals surface area contributed by atoms with Crippen molar-refractivity contribution in [3.05, 3.63) is 23.0 Å². The van der Waals surface area contributed by atoms with Crippen LogP contribution in [0.4, 0.5) is 0 Å². The number of halogens is 1. The molecule has 0 saturated carbocycles. The van der Waals surface area contributed by atoms with Crippen LogP contribution in [0.3, 0.4) is 0 Å². The summed E-state index contributed by atoms with van der Waals surface area (Å²) in [4.78, 5) is 3.97. The molecule has 0 aromatic carbocycles. The summed E-state index contributed by atoms with van der Waals surface area (Å²) in [6.45, 7) is 1.94. The van der Waals surface area contributed by atoms with Gasteiger partial charge in [0.25, 0.3) is 0 Å².